The maximum absolute atomic E-state index is 12.5. The van der Waals surface area contributed by atoms with Gasteiger partial charge in [-0.25, -0.2) is 0 Å². The molecule has 0 aromatic rings. The number of cyclic esters (lactones) is 2. The second-order valence-electron chi connectivity index (χ2n) is 7.16. The fourth-order valence-corrected chi connectivity index (χ4v) is 4.46. The smallest absolute Gasteiger partial charge is 0.324 e. The van der Waals surface area contributed by atoms with Crippen molar-refractivity contribution in [2.24, 2.45) is 22.7 Å². The average molecular weight is 320 g/mol. The van der Waals surface area contributed by atoms with E-state index in [2.05, 4.69) is 0 Å². The molecule has 124 valence electrons. The summed E-state index contributed by atoms with van der Waals surface area (Å²) in [6.45, 7) is 6.72. The Kier molecular flexibility index (Phi) is 3.29. The highest BCUT2D eigenvalue weighted by Crippen LogP contribution is 2.64. The predicted octanol–water partition coefficient (Wildman–Crippen LogP) is 1.57. The zero-order valence-electron chi connectivity index (χ0n) is 13.7. The third kappa shape index (κ3) is 1.87. The van der Waals surface area contributed by atoms with Crippen LogP contribution in [0.3, 0.4) is 0 Å². The van der Waals surface area contributed by atoms with Gasteiger partial charge in [0.15, 0.2) is 5.78 Å². The van der Waals surface area contributed by atoms with E-state index in [9.17, 15) is 19.2 Å². The van der Waals surface area contributed by atoms with Crippen LogP contribution in [0, 0.1) is 22.7 Å². The minimum Gasteiger partial charge on any atom is -0.460 e. The van der Waals surface area contributed by atoms with Crippen molar-refractivity contribution in [2.45, 2.75) is 46.6 Å². The first-order valence-corrected chi connectivity index (χ1v) is 7.81. The molecule has 23 heavy (non-hydrogen) atoms. The van der Waals surface area contributed by atoms with Crippen molar-refractivity contribution in [3.05, 3.63) is 11.6 Å². The molecule has 0 aromatic carbocycles. The van der Waals surface area contributed by atoms with Crippen molar-refractivity contribution in [3.8, 4) is 0 Å². The third-order valence-corrected chi connectivity index (χ3v) is 6.04. The van der Waals surface area contributed by atoms with Crippen LogP contribution in [0.1, 0.15) is 40.5 Å². The van der Waals surface area contributed by atoms with Gasteiger partial charge in [0.25, 0.3) is 0 Å². The molecule has 1 spiro atoms. The number of fused-ring (bicyclic) bond motifs is 1. The normalized spacial score (nSPS) is 42.5. The van der Waals surface area contributed by atoms with E-state index in [4.69, 9.17) is 9.47 Å². The molecule has 0 bridgehead atoms. The zero-order valence-corrected chi connectivity index (χ0v) is 13.7. The Bertz CT molecular complexity index is 662. The number of carbonyl (C=O) groups excluding carboxylic acids is 4. The number of allylic oxidation sites excluding steroid dienone is 1. The van der Waals surface area contributed by atoms with Gasteiger partial charge in [0, 0.05) is 18.8 Å². The lowest BCUT2D eigenvalue weighted by Crippen LogP contribution is -2.50. The van der Waals surface area contributed by atoms with Gasteiger partial charge in [0.2, 0.25) is 0 Å². The molecule has 1 aliphatic heterocycles. The lowest BCUT2D eigenvalue weighted by Gasteiger charge is -2.42. The molecule has 0 amide bonds. The van der Waals surface area contributed by atoms with Gasteiger partial charge >= 0.3 is 17.9 Å². The van der Waals surface area contributed by atoms with E-state index >= 15 is 0 Å². The highest BCUT2D eigenvalue weighted by atomic mass is 16.6. The summed E-state index contributed by atoms with van der Waals surface area (Å²) in [5, 5.41) is 0. The molecule has 0 aromatic heterocycles. The lowest BCUT2D eigenvalue weighted by molar-refractivity contribution is -0.171. The van der Waals surface area contributed by atoms with Crippen molar-refractivity contribution in [3.63, 3.8) is 0 Å². The predicted molar refractivity (Wildman–Crippen MR) is 77.8 cm³/mol. The molecule has 1 heterocycles. The van der Waals surface area contributed by atoms with E-state index in [0.717, 1.165) is 5.57 Å². The molecule has 0 unspecified atom stereocenters. The van der Waals surface area contributed by atoms with Gasteiger partial charge in [-0.3, -0.25) is 19.2 Å². The first kappa shape index (κ1) is 15.9. The number of hydrogen-bond donors (Lipinski definition) is 0. The van der Waals surface area contributed by atoms with E-state index in [1.165, 1.54) is 6.92 Å². The van der Waals surface area contributed by atoms with Crippen LogP contribution in [0.4, 0.5) is 0 Å². The van der Waals surface area contributed by atoms with Crippen LogP contribution in [0.5, 0.6) is 0 Å². The average Bonchev–Trinajstić information content (AvgIpc) is 2.81. The van der Waals surface area contributed by atoms with E-state index < -0.39 is 40.8 Å². The minimum absolute atomic E-state index is 0.00561. The van der Waals surface area contributed by atoms with Crippen LogP contribution in [0.15, 0.2) is 11.6 Å². The molecule has 1 saturated carbocycles. The van der Waals surface area contributed by atoms with Gasteiger partial charge in [-0.2, -0.15) is 0 Å². The molecular weight excluding hydrogens is 300 g/mol. The van der Waals surface area contributed by atoms with E-state index in [1.54, 1.807) is 13.0 Å². The highest BCUT2D eigenvalue weighted by molar-refractivity contribution is 6.01. The van der Waals surface area contributed by atoms with Gasteiger partial charge in [-0.1, -0.05) is 26.3 Å². The van der Waals surface area contributed by atoms with E-state index in [0.29, 0.717) is 6.42 Å². The van der Waals surface area contributed by atoms with Gasteiger partial charge in [-0.05, 0) is 18.4 Å². The second-order valence-corrected chi connectivity index (χ2v) is 7.16. The van der Waals surface area contributed by atoms with Crippen molar-refractivity contribution in [2.75, 3.05) is 0 Å². The fourth-order valence-electron chi connectivity index (χ4n) is 4.46. The number of ether oxygens (including phenoxy) is 2. The Balaban J connectivity index is 2.21. The Morgan fingerprint density at radius 3 is 2.48 bits per heavy atom. The fraction of sp³-hybridized carbons (Fsp3) is 0.647. The Labute approximate surface area is 134 Å². The summed E-state index contributed by atoms with van der Waals surface area (Å²) in [6.07, 6.45) is 1.28. The number of rotatable bonds is 1. The number of hydrogen-bond acceptors (Lipinski definition) is 6. The number of ketones is 1. The highest BCUT2D eigenvalue weighted by Gasteiger charge is 2.72. The van der Waals surface area contributed by atoms with E-state index in [1.807, 2.05) is 13.8 Å². The molecule has 2 aliphatic carbocycles. The molecule has 3 rings (SSSR count). The van der Waals surface area contributed by atoms with Crippen LogP contribution in [0.25, 0.3) is 0 Å². The lowest BCUT2D eigenvalue weighted by atomic mass is 9.64. The summed E-state index contributed by atoms with van der Waals surface area (Å²) in [4.78, 5) is 48.1. The van der Waals surface area contributed by atoms with Gasteiger partial charge in [-0.15, -0.1) is 0 Å². The molecular formula is C17H20O6. The summed E-state index contributed by atoms with van der Waals surface area (Å²) in [6, 6.07) is 0. The van der Waals surface area contributed by atoms with Crippen LogP contribution < -0.4 is 0 Å². The Hall–Kier alpha value is -1.98. The summed E-state index contributed by atoms with van der Waals surface area (Å²) in [5.41, 5.74) is -1.12. The van der Waals surface area contributed by atoms with Crippen LogP contribution in [0.2, 0.25) is 0 Å². The third-order valence-electron chi connectivity index (χ3n) is 6.04. The van der Waals surface area contributed by atoms with E-state index in [-0.39, 0.29) is 18.1 Å². The summed E-state index contributed by atoms with van der Waals surface area (Å²) in [5.74, 6) is -2.60. The first-order valence-electron chi connectivity index (χ1n) is 7.81. The standard InChI is InChI=1S/C17H20O6/c1-8-5-12(19)6-11-7-17(9(2)13(20)23-15(17)21)14(16(8,11)4)22-10(3)18/h6,8-9,14H,5,7H2,1-4H3/t8-,9+,14-,16+,17+/m0/s1. The topological polar surface area (TPSA) is 86.7 Å². The Morgan fingerprint density at radius 1 is 1.30 bits per heavy atom. The maximum atomic E-state index is 12.5. The van der Waals surface area contributed by atoms with Crippen molar-refractivity contribution in [1.82, 2.24) is 0 Å². The number of carbonyl (C=O) groups is 4. The van der Waals surface area contributed by atoms with Crippen molar-refractivity contribution >= 4 is 23.7 Å². The summed E-state index contributed by atoms with van der Waals surface area (Å²) in [7, 11) is 0. The van der Waals surface area contributed by atoms with Crippen LogP contribution in [-0.4, -0.2) is 29.8 Å². The van der Waals surface area contributed by atoms with Gasteiger partial charge in [0.05, 0.1) is 5.92 Å². The first-order chi connectivity index (χ1) is 10.6. The van der Waals surface area contributed by atoms with Gasteiger partial charge < -0.3 is 9.47 Å². The SMILES string of the molecule is CC(=O)O[C@H]1[C@@]2(C)C(=CC(=O)C[C@@H]2C)C[C@]12C(=O)OC(=O)[C@H]2C. The number of esters is 3. The zero-order chi connectivity index (χ0) is 17.2. The molecule has 0 N–H and O–H groups in total. The van der Waals surface area contributed by atoms with Gasteiger partial charge in [0.1, 0.15) is 11.5 Å². The monoisotopic (exact) mass is 320 g/mol. The quantitative estimate of drug-likeness (QED) is 0.538. The Morgan fingerprint density at radius 2 is 1.96 bits per heavy atom. The van der Waals surface area contributed by atoms with Crippen molar-refractivity contribution < 1.29 is 28.7 Å². The molecule has 0 radical (unpaired) electrons. The minimum atomic E-state index is -1.23. The molecule has 6 heteroatoms. The van der Waals surface area contributed by atoms with Crippen LogP contribution >= 0.6 is 0 Å². The van der Waals surface area contributed by atoms with Crippen molar-refractivity contribution in [1.29, 1.82) is 0 Å². The molecule has 1 saturated heterocycles. The largest absolute Gasteiger partial charge is 0.460 e. The maximum Gasteiger partial charge on any atom is 0.324 e. The van der Waals surface area contributed by atoms with Crippen LogP contribution in [-0.2, 0) is 28.7 Å². The summed E-state index contributed by atoms with van der Waals surface area (Å²) >= 11 is 0. The second kappa shape index (κ2) is 4.76. The molecule has 6 nitrogen and oxygen atoms in total. The molecule has 3 aliphatic rings. The molecule has 5 atom stereocenters. The summed E-state index contributed by atoms with van der Waals surface area (Å²) < 4.78 is 10.4. The molecule has 2 fully saturated rings.